The highest BCUT2D eigenvalue weighted by Gasteiger charge is 2.20. The van der Waals surface area contributed by atoms with E-state index in [1.807, 2.05) is 11.0 Å². The predicted molar refractivity (Wildman–Crippen MR) is 70.9 cm³/mol. The van der Waals surface area contributed by atoms with Crippen LogP contribution in [0.1, 0.15) is 11.8 Å². The van der Waals surface area contributed by atoms with Gasteiger partial charge in [-0.3, -0.25) is 9.69 Å². The van der Waals surface area contributed by atoms with E-state index in [-0.39, 0.29) is 12.5 Å². The van der Waals surface area contributed by atoms with Crippen LogP contribution in [0.25, 0.3) is 0 Å². The lowest BCUT2D eigenvalue weighted by Gasteiger charge is -2.21. The Morgan fingerprint density at radius 3 is 2.67 bits per heavy atom. The van der Waals surface area contributed by atoms with Crippen LogP contribution in [-0.2, 0) is 16.1 Å². The fourth-order valence-corrected chi connectivity index (χ4v) is 2.68. The molecule has 1 atom stereocenters. The molecule has 0 saturated heterocycles. The van der Waals surface area contributed by atoms with Gasteiger partial charge in [0.1, 0.15) is 6.04 Å². The van der Waals surface area contributed by atoms with Crippen LogP contribution >= 0.6 is 22.9 Å². The maximum atomic E-state index is 11.0. The zero-order valence-electron chi connectivity index (χ0n) is 10.1. The quantitative estimate of drug-likeness (QED) is 0.831. The Morgan fingerprint density at radius 2 is 2.22 bits per heavy atom. The van der Waals surface area contributed by atoms with Gasteiger partial charge in [0.05, 0.1) is 4.34 Å². The molecule has 1 aromatic heterocycles. The van der Waals surface area contributed by atoms with Crippen LogP contribution in [0.5, 0.6) is 0 Å². The van der Waals surface area contributed by atoms with E-state index in [1.165, 1.54) is 18.3 Å². The van der Waals surface area contributed by atoms with Gasteiger partial charge in [-0.1, -0.05) is 11.6 Å². The van der Waals surface area contributed by atoms with Gasteiger partial charge in [-0.2, -0.15) is 0 Å². The second-order valence-electron chi connectivity index (χ2n) is 3.99. The SMILES string of the molecule is CC(=O)NC(CN(C)Cc1ccc(Cl)s1)C(=O)O. The van der Waals surface area contributed by atoms with Crippen LogP contribution in [0.4, 0.5) is 0 Å². The minimum Gasteiger partial charge on any atom is -0.480 e. The van der Waals surface area contributed by atoms with Crippen molar-refractivity contribution in [2.45, 2.75) is 19.5 Å². The average Bonchev–Trinajstić information content (AvgIpc) is 2.62. The molecule has 1 heterocycles. The Morgan fingerprint density at radius 1 is 1.56 bits per heavy atom. The first-order valence-electron chi connectivity index (χ1n) is 5.31. The van der Waals surface area contributed by atoms with Crippen molar-refractivity contribution >= 4 is 34.8 Å². The first-order valence-corrected chi connectivity index (χ1v) is 6.50. The average molecular weight is 291 g/mol. The zero-order chi connectivity index (χ0) is 13.7. The van der Waals surface area contributed by atoms with Gasteiger partial charge in [0.2, 0.25) is 5.91 Å². The molecule has 1 aromatic rings. The molecule has 18 heavy (non-hydrogen) atoms. The van der Waals surface area contributed by atoms with Crippen molar-refractivity contribution in [3.8, 4) is 0 Å². The van der Waals surface area contributed by atoms with Gasteiger partial charge in [0, 0.05) is 24.9 Å². The Labute approximate surface area is 114 Å². The smallest absolute Gasteiger partial charge is 0.327 e. The van der Waals surface area contributed by atoms with E-state index >= 15 is 0 Å². The van der Waals surface area contributed by atoms with Crippen molar-refractivity contribution in [1.29, 1.82) is 0 Å². The number of hydrogen-bond acceptors (Lipinski definition) is 4. The van der Waals surface area contributed by atoms with Gasteiger partial charge in [0.15, 0.2) is 0 Å². The van der Waals surface area contributed by atoms with Crippen LogP contribution in [0, 0.1) is 0 Å². The third-order valence-corrected chi connectivity index (χ3v) is 3.44. The van der Waals surface area contributed by atoms with Crippen molar-refractivity contribution in [3.63, 3.8) is 0 Å². The number of nitrogens with zero attached hydrogens (tertiary/aromatic N) is 1. The van der Waals surface area contributed by atoms with Crippen molar-refractivity contribution < 1.29 is 14.7 Å². The Balaban J connectivity index is 2.53. The predicted octanol–water partition coefficient (Wildman–Crippen LogP) is 1.42. The van der Waals surface area contributed by atoms with E-state index in [1.54, 1.807) is 13.1 Å². The molecule has 100 valence electrons. The molecule has 2 N–H and O–H groups in total. The molecule has 0 aliphatic carbocycles. The van der Waals surface area contributed by atoms with E-state index < -0.39 is 12.0 Å². The minimum atomic E-state index is -1.04. The molecule has 0 aliphatic rings. The Hall–Kier alpha value is -1.11. The summed E-state index contributed by atoms with van der Waals surface area (Å²) < 4.78 is 0.704. The van der Waals surface area contributed by atoms with E-state index in [2.05, 4.69) is 5.32 Å². The lowest BCUT2D eigenvalue weighted by molar-refractivity contribution is -0.142. The van der Waals surface area contributed by atoms with Crippen LogP contribution in [0.2, 0.25) is 4.34 Å². The molecule has 0 radical (unpaired) electrons. The number of halogens is 1. The molecule has 1 amide bonds. The number of amides is 1. The standard InChI is InChI=1S/C11H15ClN2O3S/c1-7(15)13-9(11(16)17)6-14(2)5-8-3-4-10(12)18-8/h3-4,9H,5-6H2,1-2H3,(H,13,15)(H,16,17). The summed E-state index contributed by atoms with van der Waals surface area (Å²) in [7, 11) is 1.80. The number of carbonyl (C=O) groups excluding carboxylic acids is 1. The maximum Gasteiger partial charge on any atom is 0.327 e. The van der Waals surface area contributed by atoms with E-state index in [9.17, 15) is 9.59 Å². The second-order valence-corrected chi connectivity index (χ2v) is 5.79. The fourth-order valence-electron chi connectivity index (χ4n) is 1.51. The number of thiophene rings is 1. The van der Waals surface area contributed by atoms with Gasteiger partial charge >= 0.3 is 5.97 Å². The second kappa shape index (κ2) is 6.72. The summed E-state index contributed by atoms with van der Waals surface area (Å²) in [4.78, 5) is 24.7. The first kappa shape index (κ1) is 14.9. The molecule has 0 spiro atoms. The van der Waals surface area contributed by atoms with E-state index in [0.717, 1.165) is 4.88 Å². The molecule has 5 nitrogen and oxygen atoms in total. The lowest BCUT2D eigenvalue weighted by Crippen LogP contribution is -2.46. The zero-order valence-corrected chi connectivity index (χ0v) is 11.7. The summed E-state index contributed by atoms with van der Waals surface area (Å²) in [5.74, 6) is -1.39. The van der Waals surface area contributed by atoms with Crippen molar-refractivity contribution in [2.24, 2.45) is 0 Å². The van der Waals surface area contributed by atoms with Crippen molar-refractivity contribution in [2.75, 3.05) is 13.6 Å². The lowest BCUT2D eigenvalue weighted by atomic mass is 10.2. The summed E-state index contributed by atoms with van der Waals surface area (Å²) in [5.41, 5.74) is 0. The van der Waals surface area contributed by atoms with Crippen LogP contribution in [0.3, 0.4) is 0 Å². The third-order valence-electron chi connectivity index (χ3n) is 2.22. The van der Waals surface area contributed by atoms with Crippen molar-refractivity contribution in [1.82, 2.24) is 10.2 Å². The molecule has 0 aliphatic heterocycles. The normalized spacial score (nSPS) is 12.4. The highest BCUT2D eigenvalue weighted by molar-refractivity contribution is 7.16. The molecule has 0 aromatic carbocycles. The van der Waals surface area contributed by atoms with Crippen LogP contribution < -0.4 is 5.32 Å². The topological polar surface area (TPSA) is 69.6 Å². The minimum absolute atomic E-state index is 0.241. The molecule has 0 fully saturated rings. The molecule has 1 unspecified atom stereocenters. The van der Waals surface area contributed by atoms with Crippen LogP contribution in [-0.4, -0.2) is 41.5 Å². The molecular weight excluding hydrogens is 276 g/mol. The summed E-state index contributed by atoms with van der Waals surface area (Å²) in [6.07, 6.45) is 0. The van der Waals surface area contributed by atoms with Gasteiger partial charge in [-0.25, -0.2) is 4.79 Å². The number of carboxylic acids is 1. The number of aliphatic carboxylic acids is 1. The van der Waals surface area contributed by atoms with Crippen LogP contribution in [0.15, 0.2) is 12.1 Å². The van der Waals surface area contributed by atoms with E-state index in [4.69, 9.17) is 16.7 Å². The van der Waals surface area contributed by atoms with Gasteiger partial charge in [-0.05, 0) is 19.2 Å². The number of likely N-dealkylation sites (N-methyl/N-ethyl adjacent to an activating group) is 1. The summed E-state index contributed by atoms with van der Waals surface area (Å²) >= 11 is 7.27. The Bertz CT molecular complexity index is 436. The highest BCUT2D eigenvalue weighted by atomic mass is 35.5. The number of carboxylic acid groups (broad SMARTS) is 1. The number of nitrogens with one attached hydrogen (secondary N) is 1. The molecule has 0 saturated carbocycles. The largest absolute Gasteiger partial charge is 0.480 e. The summed E-state index contributed by atoms with van der Waals surface area (Å²) in [6.45, 7) is 2.14. The van der Waals surface area contributed by atoms with Crippen molar-refractivity contribution in [3.05, 3.63) is 21.3 Å². The van der Waals surface area contributed by atoms with Gasteiger partial charge < -0.3 is 10.4 Å². The molecule has 7 heteroatoms. The fraction of sp³-hybridized carbons (Fsp3) is 0.455. The van der Waals surface area contributed by atoms with Gasteiger partial charge in [-0.15, -0.1) is 11.3 Å². The number of hydrogen-bond donors (Lipinski definition) is 2. The summed E-state index contributed by atoms with van der Waals surface area (Å²) in [5, 5.41) is 11.4. The van der Waals surface area contributed by atoms with E-state index in [0.29, 0.717) is 10.9 Å². The monoisotopic (exact) mass is 290 g/mol. The van der Waals surface area contributed by atoms with Gasteiger partial charge in [0.25, 0.3) is 0 Å². The number of carbonyl (C=O) groups is 2. The maximum absolute atomic E-state index is 11.0. The number of rotatable bonds is 6. The highest BCUT2D eigenvalue weighted by Crippen LogP contribution is 2.22. The molecule has 1 rings (SSSR count). The molecule has 0 bridgehead atoms. The Kier molecular flexibility index (Phi) is 5.58. The summed E-state index contributed by atoms with van der Waals surface area (Å²) in [6, 6.07) is 2.80. The first-order chi connectivity index (χ1) is 8.38. The molecular formula is C11H15ClN2O3S. The third kappa shape index (κ3) is 5.03.